The van der Waals surface area contributed by atoms with Crippen LogP contribution >= 0.6 is 0 Å². The maximum atomic E-state index is 12.7. The second kappa shape index (κ2) is 5.02. The molecule has 3 atom stereocenters. The van der Waals surface area contributed by atoms with Crippen molar-refractivity contribution in [3.63, 3.8) is 0 Å². The predicted octanol–water partition coefficient (Wildman–Crippen LogP) is 1.09. The average Bonchev–Trinajstić information content (AvgIpc) is 3.02. The molecule has 5 nitrogen and oxygen atoms in total. The molecule has 1 aromatic rings. The van der Waals surface area contributed by atoms with Crippen LogP contribution in [0.2, 0.25) is 0 Å². The van der Waals surface area contributed by atoms with Crippen LogP contribution < -0.4 is 4.74 Å². The molecule has 2 fully saturated rings. The third-order valence-electron chi connectivity index (χ3n) is 4.47. The van der Waals surface area contributed by atoms with E-state index in [2.05, 4.69) is 0 Å². The van der Waals surface area contributed by atoms with Gasteiger partial charge < -0.3 is 9.84 Å². The van der Waals surface area contributed by atoms with Crippen molar-refractivity contribution in [1.82, 2.24) is 4.31 Å². The van der Waals surface area contributed by atoms with Gasteiger partial charge in [-0.2, -0.15) is 4.31 Å². The van der Waals surface area contributed by atoms with Crippen molar-refractivity contribution in [3.8, 4) is 5.75 Å². The van der Waals surface area contributed by atoms with Gasteiger partial charge in [0.2, 0.25) is 10.0 Å². The van der Waals surface area contributed by atoms with E-state index in [1.807, 2.05) is 0 Å². The third-order valence-corrected chi connectivity index (χ3v) is 6.34. The van der Waals surface area contributed by atoms with Crippen molar-refractivity contribution in [3.05, 3.63) is 24.3 Å². The number of sulfonamides is 1. The number of aliphatic hydroxyl groups is 1. The van der Waals surface area contributed by atoms with Crippen LogP contribution in [-0.2, 0) is 10.0 Å². The monoisotopic (exact) mass is 297 g/mol. The molecule has 0 bridgehead atoms. The molecule has 1 N–H and O–H groups in total. The van der Waals surface area contributed by atoms with Crippen LogP contribution in [0.1, 0.15) is 12.8 Å². The maximum Gasteiger partial charge on any atom is 0.246 e. The Morgan fingerprint density at radius 2 is 2.00 bits per heavy atom. The van der Waals surface area contributed by atoms with E-state index in [1.54, 1.807) is 24.3 Å². The molecule has 3 unspecified atom stereocenters. The average molecular weight is 297 g/mol. The quantitative estimate of drug-likeness (QED) is 0.907. The highest BCUT2D eigenvalue weighted by Gasteiger charge is 2.46. The van der Waals surface area contributed by atoms with Gasteiger partial charge in [-0.05, 0) is 30.9 Å². The molecule has 1 aliphatic carbocycles. The van der Waals surface area contributed by atoms with Gasteiger partial charge in [0, 0.05) is 19.0 Å². The van der Waals surface area contributed by atoms with E-state index in [9.17, 15) is 13.5 Å². The second-order valence-corrected chi connectivity index (χ2v) is 7.45. The molecule has 2 aliphatic rings. The molecule has 20 heavy (non-hydrogen) atoms. The minimum absolute atomic E-state index is 0.0829. The molecule has 0 spiro atoms. The number of benzene rings is 1. The number of aliphatic hydroxyl groups excluding tert-OH is 1. The number of nitrogens with zero attached hydrogens (tertiary/aromatic N) is 1. The van der Waals surface area contributed by atoms with Crippen LogP contribution in [0.3, 0.4) is 0 Å². The molecular formula is C14H19NO4S. The van der Waals surface area contributed by atoms with Crippen molar-refractivity contribution >= 4 is 10.0 Å². The summed E-state index contributed by atoms with van der Waals surface area (Å²) in [5.41, 5.74) is 0. The van der Waals surface area contributed by atoms with E-state index in [0.717, 1.165) is 12.8 Å². The van der Waals surface area contributed by atoms with Gasteiger partial charge in [-0.15, -0.1) is 0 Å². The molecule has 0 amide bonds. The van der Waals surface area contributed by atoms with E-state index in [-0.39, 0.29) is 22.8 Å². The van der Waals surface area contributed by atoms with Crippen molar-refractivity contribution in [2.75, 3.05) is 20.2 Å². The highest BCUT2D eigenvalue weighted by Crippen LogP contribution is 2.40. The Kier molecular flexibility index (Phi) is 3.48. The maximum absolute atomic E-state index is 12.7. The topological polar surface area (TPSA) is 66.8 Å². The summed E-state index contributed by atoms with van der Waals surface area (Å²) in [6.45, 7) is 0.911. The second-order valence-electron chi connectivity index (χ2n) is 5.54. The first kappa shape index (κ1) is 13.9. The number of hydrogen-bond acceptors (Lipinski definition) is 4. The van der Waals surface area contributed by atoms with Gasteiger partial charge in [0.05, 0.1) is 13.2 Å². The lowest BCUT2D eigenvalue weighted by Crippen LogP contribution is -2.31. The van der Waals surface area contributed by atoms with Crippen LogP contribution in [0.25, 0.3) is 0 Å². The summed E-state index contributed by atoms with van der Waals surface area (Å²) >= 11 is 0. The molecular weight excluding hydrogens is 278 g/mol. The first-order valence-corrected chi connectivity index (χ1v) is 8.29. The standard InChI is InChI=1S/C14H19NO4S/c1-19-13-4-2-3-5-14(13)20(17,18)15-8-10-6-7-12(16)11(10)9-15/h2-5,10-12,16H,6-9H2,1H3. The fraction of sp³-hybridized carbons (Fsp3) is 0.571. The van der Waals surface area contributed by atoms with Gasteiger partial charge in [-0.1, -0.05) is 12.1 Å². The number of methoxy groups -OCH3 is 1. The molecule has 6 heteroatoms. The molecule has 3 rings (SSSR count). The van der Waals surface area contributed by atoms with Crippen LogP contribution in [0.15, 0.2) is 29.2 Å². The molecule has 0 aromatic heterocycles. The fourth-order valence-electron chi connectivity index (χ4n) is 3.36. The Labute approximate surface area is 119 Å². The Morgan fingerprint density at radius 3 is 2.70 bits per heavy atom. The summed E-state index contributed by atoms with van der Waals surface area (Å²) < 4.78 is 32.1. The largest absolute Gasteiger partial charge is 0.495 e. The van der Waals surface area contributed by atoms with Crippen LogP contribution in [-0.4, -0.2) is 44.1 Å². The third kappa shape index (κ3) is 2.12. The number of hydrogen-bond donors (Lipinski definition) is 1. The summed E-state index contributed by atoms with van der Waals surface area (Å²) in [7, 11) is -2.08. The zero-order valence-electron chi connectivity index (χ0n) is 11.4. The summed E-state index contributed by atoms with van der Waals surface area (Å²) in [6.07, 6.45) is 1.33. The minimum Gasteiger partial charge on any atom is -0.495 e. The van der Waals surface area contributed by atoms with E-state index >= 15 is 0 Å². The lowest BCUT2D eigenvalue weighted by atomic mass is 10.00. The summed E-state index contributed by atoms with van der Waals surface area (Å²) in [6, 6.07) is 6.67. The van der Waals surface area contributed by atoms with Gasteiger partial charge in [-0.3, -0.25) is 0 Å². The molecule has 1 aromatic carbocycles. The zero-order chi connectivity index (χ0) is 14.3. The lowest BCUT2D eigenvalue weighted by Gasteiger charge is -2.19. The van der Waals surface area contributed by atoms with Gasteiger partial charge in [0.15, 0.2) is 0 Å². The molecule has 0 radical (unpaired) electrons. The molecule has 110 valence electrons. The van der Waals surface area contributed by atoms with Gasteiger partial charge >= 0.3 is 0 Å². The molecule has 1 aliphatic heterocycles. The Hall–Kier alpha value is -1.11. The first-order valence-electron chi connectivity index (χ1n) is 6.85. The Bertz CT molecular complexity index is 601. The Balaban J connectivity index is 1.90. The number of rotatable bonds is 3. The summed E-state index contributed by atoms with van der Waals surface area (Å²) in [4.78, 5) is 0.206. The van der Waals surface area contributed by atoms with Crippen molar-refractivity contribution in [2.45, 2.75) is 23.8 Å². The highest BCUT2D eigenvalue weighted by atomic mass is 32.2. The SMILES string of the molecule is COc1ccccc1S(=O)(=O)N1CC2CCC(O)C2C1. The van der Waals surface area contributed by atoms with E-state index in [1.165, 1.54) is 11.4 Å². The number of fused-ring (bicyclic) bond motifs is 1. The molecule has 1 heterocycles. The summed E-state index contributed by atoms with van der Waals surface area (Å²) in [5.74, 6) is 0.735. The smallest absolute Gasteiger partial charge is 0.246 e. The predicted molar refractivity (Wildman–Crippen MR) is 74.0 cm³/mol. The van der Waals surface area contributed by atoms with Gasteiger partial charge in [-0.25, -0.2) is 8.42 Å². The van der Waals surface area contributed by atoms with E-state index in [0.29, 0.717) is 18.8 Å². The molecule has 1 saturated carbocycles. The summed E-state index contributed by atoms with van der Waals surface area (Å²) in [5, 5.41) is 9.91. The van der Waals surface area contributed by atoms with Gasteiger partial charge in [0.25, 0.3) is 0 Å². The van der Waals surface area contributed by atoms with Crippen molar-refractivity contribution in [1.29, 1.82) is 0 Å². The molecule has 1 saturated heterocycles. The first-order chi connectivity index (χ1) is 9.54. The highest BCUT2D eigenvalue weighted by molar-refractivity contribution is 7.89. The number of ether oxygens (including phenoxy) is 1. The fourth-order valence-corrected chi connectivity index (χ4v) is 5.05. The minimum atomic E-state index is -3.55. The van der Waals surface area contributed by atoms with Crippen molar-refractivity contribution < 1.29 is 18.3 Å². The normalized spacial score (nSPS) is 30.4. The van der Waals surface area contributed by atoms with E-state index in [4.69, 9.17) is 4.74 Å². The van der Waals surface area contributed by atoms with Gasteiger partial charge in [0.1, 0.15) is 10.6 Å². The lowest BCUT2D eigenvalue weighted by molar-refractivity contribution is 0.129. The number of para-hydroxylation sites is 1. The van der Waals surface area contributed by atoms with Crippen LogP contribution in [0, 0.1) is 11.8 Å². The van der Waals surface area contributed by atoms with Crippen LogP contribution in [0.5, 0.6) is 5.75 Å². The Morgan fingerprint density at radius 1 is 1.25 bits per heavy atom. The van der Waals surface area contributed by atoms with Crippen LogP contribution in [0.4, 0.5) is 0 Å². The van der Waals surface area contributed by atoms with Crippen molar-refractivity contribution in [2.24, 2.45) is 11.8 Å². The van der Waals surface area contributed by atoms with E-state index < -0.39 is 10.0 Å². The zero-order valence-corrected chi connectivity index (χ0v) is 12.2.